The molecule has 1 fully saturated rings. The van der Waals surface area contributed by atoms with Crippen molar-refractivity contribution in [3.8, 4) is 0 Å². The molecule has 0 aromatic carbocycles. The quantitative estimate of drug-likeness (QED) is 0.646. The molecular weight excluding hydrogens is 238 g/mol. The third-order valence-electron chi connectivity index (χ3n) is 3.96. The van der Waals surface area contributed by atoms with Crippen molar-refractivity contribution < 1.29 is 4.79 Å². The largest absolute Gasteiger partial charge is 0.356 e. The fourth-order valence-corrected chi connectivity index (χ4v) is 2.59. The minimum absolute atomic E-state index is 0.213. The Labute approximate surface area is 118 Å². The molecule has 1 N–H and O–H groups in total. The molecule has 0 spiro atoms. The molecule has 1 rings (SSSR count). The first-order valence-corrected chi connectivity index (χ1v) is 7.88. The van der Waals surface area contributed by atoms with Gasteiger partial charge in [0.05, 0.1) is 0 Å². The molecule has 1 saturated heterocycles. The van der Waals surface area contributed by atoms with E-state index in [-0.39, 0.29) is 5.91 Å². The van der Waals surface area contributed by atoms with Gasteiger partial charge in [-0.3, -0.25) is 4.79 Å². The third-order valence-corrected chi connectivity index (χ3v) is 3.96. The van der Waals surface area contributed by atoms with E-state index in [9.17, 15) is 4.79 Å². The summed E-state index contributed by atoms with van der Waals surface area (Å²) < 4.78 is 0. The van der Waals surface area contributed by atoms with Crippen LogP contribution in [0.25, 0.3) is 0 Å². The minimum atomic E-state index is 0.213. The molecule has 1 atom stereocenters. The second kappa shape index (κ2) is 10.2. The molecule has 1 unspecified atom stereocenters. The van der Waals surface area contributed by atoms with Crippen LogP contribution in [0.3, 0.4) is 0 Å². The van der Waals surface area contributed by atoms with Crippen molar-refractivity contribution >= 4 is 5.91 Å². The van der Waals surface area contributed by atoms with Gasteiger partial charge in [-0.1, -0.05) is 13.8 Å². The average Bonchev–Trinajstić information content (AvgIpc) is 2.46. The Morgan fingerprint density at radius 1 is 1.37 bits per heavy atom. The standard InChI is InChI=1S/C15H30N3O/c1-3-18(4-2)12-6-11-17-15(19)9-8-14-7-5-10-16-13-14/h14H,3-13H2,1-2H3,(H,17,19). The third kappa shape index (κ3) is 7.53. The molecule has 0 aliphatic carbocycles. The zero-order chi connectivity index (χ0) is 13.9. The highest BCUT2D eigenvalue weighted by Gasteiger charge is 2.14. The first-order valence-electron chi connectivity index (χ1n) is 7.88. The lowest BCUT2D eigenvalue weighted by Gasteiger charge is -2.21. The van der Waals surface area contributed by atoms with Crippen molar-refractivity contribution in [2.75, 3.05) is 39.3 Å². The predicted molar refractivity (Wildman–Crippen MR) is 79.2 cm³/mol. The van der Waals surface area contributed by atoms with Crippen molar-refractivity contribution in [3.05, 3.63) is 0 Å². The molecule has 1 aliphatic rings. The van der Waals surface area contributed by atoms with Crippen LogP contribution in [0.5, 0.6) is 0 Å². The van der Waals surface area contributed by atoms with E-state index < -0.39 is 0 Å². The highest BCUT2D eigenvalue weighted by atomic mass is 16.1. The number of hydrogen-bond acceptors (Lipinski definition) is 2. The van der Waals surface area contributed by atoms with Gasteiger partial charge in [0.2, 0.25) is 5.91 Å². The molecule has 0 aromatic heterocycles. The van der Waals surface area contributed by atoms with E-state index in [1.54, 1.807) is 0 Å². The Morgan fingerprint density at radius 2 is 2.16 bits per heavy atom. The molecule has 19 heavy (non-hydrogen) atoms. The average molecular weight is 268 g/mol. The van der Waals surface area contributed by atoms with Gasteiger partial charge in [0.15, 0.2) is 0 Å². The smallest absolute Gasteiger partial charge is 0.220 e. The van der Waals surface area contributed by atoms with Crippen LogP contribution in [-0.2, 0) is 4.79 Å². The van der Waals surface area contributed by atoms with E-state index in [1.165, 1.54) is 12.8 Å². The summed E-state index contributed by atoms with van der Waals surface area (Å²) in [5, 5.41) is 7.44. The maximum Gasteiger partial charge on any atom is 0.220 e. The summed E-state index contributed by atoms with van der Waals surface area (Å²) in [6.45, 7) is 10.4. The Hall–Kier alpha value is -0.610. The summed E-state index contributed by atoms with van der Waals surface area (Å²) in [6, 6.07) is 0. The van der Waals surface area contributed by atoms with E-state index in [4.69, 9.17) is 0 Å². The van der Waals surface area contributed by atoms with Crippen molar-refractivity contribution in [1.29, 1.82) is 0 Å². The summed E-state index contributed by atoms with van der Waals surface area (Å²) in [7, 11) is 0. The summed E-state index contributed by atoms with van der Waals surface area (Å²) in [5.41, 5.74) is 0. The highest BCUT2D eigenvalue weighted by Crippen LogP contribution is 2.16. The Bertz CT molecular complexity index is 236. The molecule has 0 bridgehead atoms. The van der Waals surface area contributed by atoms with Crippen LogP contribution >= 0.6 is 0 Å². The van der Waals surface area contributed by atoms with Crippen LogP contribution < -0.4 is 10.6 Å². The van der Waals surface area contributed by atoms with Crippen LogP contribution in [0.1, 0.15) is 46.0 Å². The van der Waals surface area contributed by atoms with E-state index >= 15 is 0 Å². The molecule has 1 heterocycles. The number of nitrogens with zero attached hydrogens (tertiary/aromatic N) is 2. The van der Waals surface area contributed by atoms with E-state index in [2.05, 4.69) is 29.4 Å². The summed E-state index contributed by atoms with van der Waals surface area (Å²) >= 11 is 0. The Kier molecular flexibility index (Phi) is 8.84. The van der Waals surface area contributed by atoms with Gasteiger partial charge >= 0.3 is 0 Å². The molecular formula is C15H30N3O. The number of piperidine rings is 1. The first-order chi connectivity index (χ1) is 9.26. The number of carbonyl (C=O) groups excluding carboxylic acids is 1. The van der Waals surface area contributed by atoms with Gasteiger partial charge in [0, 0.05) is 26.1 Å². The molecule has 1 aliphatic heterocycles. The second-order valence-corrected chi connectivity index (χ2v) is 5.41. The molecule has 1 amide bonds. The lowest BCUT2D eigenvalue weighted by molar-refractivity contribution is -0.121. The second-order valence-electron chi connectivity index (χ2n) is 5.41. The number of nitrogens with one attached hydrogen (secondary N) is 1. The van der Waals surface area contributed by atoms with Gasteiger partial charge < -0.3 is 10.2 Å². The number of hydrogen-bond donors (Lipinski definition) is 1. The summed E-state index contributed by atoms with van der Waals surface area (Å²) in [5.74, 6) is 0.861. The van der Waals surface area contributed by atoms with E-state index in [1.807, 2.05) is 0 Å². The Balaban J connectivity index is 1.98. The van der Waals surface area contributed by atoms with E-state index in [0.29, 0.717) is 12.3 Å². The van der Waals surface area contributed by atoms with Crippen LogP contribution in [0.2, 0.25) is 0 Å². The maximum absolute atomic E-state index is 11.7. The van der Waals surface area contributed by atoms with Gasteiger partial charge in [-0.05, 0) is 51.2 Å². The summed E-state index contributed by atoms with van der Waals surface area (Å²) in [6.07, 6.45) is 5.18. The fourth-order valence-electron chi connectivity index (χ4n) is 2.59. The predicted octanol–water partition coefficient (Wildman–Crippen LogP) is 1.63. The number of rotatable bonds is 9. The normalized spacial score (nSPS) is 19.6. The summed E-state index contributed by atoms with van der Waals surface area (Å²) in [4.78, 5) is 14.1. The lowest BCUT2D eigenvalue weighted by atomic mass is 9.94. The minimum Gasteiger partial charge on any atom is -0.356 e. The maximum atomic E-state index is 11.7. The lowest BCUT2D eigenvalue weighted by Crippen LogP contribution is -2.30. The van der Waals surface area contributed by atoms with Gasteiger partial charge in [0.25, 0.3) is 0 Å². The zero-order valence-electron chi connectivity index (χ0n) is 12.7. The highest BCUT2D eigenvalue weighted by molar-refractivity contribution is 5.75. The van der Waals surface area contributed by atoms with Gasteiger partial charge in [-0.25, -0.2) is 5.32 Å². The monoisotopic (exact) mass is 268 g/mol. The topological polar surface area (TPSA) is 46.4 Å². The zero-order valence-corrected chi connectivity index (χ0v) is 12.7. The van der Waals surface area contributed by atoms with Crippen molar-refractivity contribution in [3.63, 3.8) is 0 Å². The molecule has 0 aromatic rings. The molecule has 4 heteroatoms. The number of amides is 1. The van der Waals surface area contributed by atoms with Crippen molar-refractivity contribution in [1.82, 2.24) is 15.5 Å². The van der Waals surface area contributed by atoms with Crippen LogP contribution in [-0.4, -0.2) is 50.1 Å². The van der Waals surface area contributed by atoms with Crippen LogP contribution in [0.15, 0.2) is 0 Å². The van der Waals surface area contributed by atoms with Gasteiger partial charge in [-0.2, -0.15) is 0 Å². The van der Waals surface area contributed by atoms with Gasteiger partial charge in [0.1, 0.15) is 0 Å². The van der Waals surface area contributed by atoms with Gasteiger partial charge in [-0.15, -0.1) is 0 Å². The van der Waals surface area contributed by atoms with Crippen molar-refractivity contribution in [2.24, 2.45) is 5.92 Å². The SMILES string of the molecule is CCN(CC)CCCNC(=O)CCC1CCC[N]C1. The first kappa shape index (κ1) is 16.4. The molecule has 0 saturated carbocycles. The van der Waals surface area contributed by atoms with Crippen LogP contribution in [0.4, 0.5) is 0 Å². The van der Waals surface area contributed by atoms with Crippen LogP contribution in [0, 0.1) is 5.92 Å². The number of carbonyl (C=O) groups is 1. The fraction of sp³-hybridized carbons (Fsp3) is 0.933. The molecule has 111 valence electrons. The molecule has 1 radical (unpaired) electrons. The molecule has 4 nitrogen and oxygen atoms in total. The van der Waals surface area contributed by atoms with E-state index in [0.717, 1.165) is 52.1 Å². The van der Waals surface area contributed by atoms with Crippen molar-refractivity contribution in [2.45, 2.75) is 46.0 Å². The Morgan fingerprint density at radius 3 is 2.79 bits per heavy atom.